The summed E-state index contributed by atoms with van der Waals surface area (Å²) < 4.78 is 0. The van der Waals surface area contributed by atoms with Crippen molar-refractivity contribution in [2.45, 2.75) is 64.8 Å². The molecule has 5 N–H and O–H groups in total. The summed E-state index contributed by atoms with van der Waals surface area (Å²) in [7, 11) is 0. The Morgan fingerprint density at radius 1 is 1.25 bits per heavy atom. The number of carboxylic acid groups (broad SMARTS) is 1. The number of hydrogen-bond donors (Lipinski definition) is 5. The Labute approximate surface area is 125 Å². The molecule has 0 saturated carbocycles. The highest BCUT2D eigenvalue weighted by atomic mass is 32.1. The zero-order chi connectivity index (χ0) is 16.3. The number of aliphatic hydroxyl groups is 4. The molecular formula is C13H26O6S. The Kier molecular flexibility index (Phi) is 11.8. The lowest BCUT2D eigenvalue weighted by Gasteiger charge is -2.23. The monoisotopic (exact) mass is 310 g/mol. The Bertz CT molecular complexity index is 287. The van der Waals surface area contributed by atoms with E-state index in [0.717, 1.165) is 12.8 Å². The summed E-state index contributed by atoms with van der Waals surface area (Å²) in [5.74, 6) is -2.71. The van der Waals surface area contributed by atoms with E-state index in [-0.39, 0.29) is 5.92 Å². The van der Waals surface area contributed by atoms with Crippen molar-refractivity contribution in [3.8, 4) is 0 Å². The summed E-state index contributed by atoms with van der Waals surface area (Å²) >= 11 is 4.08. The van der Waals surface area contributed by atoms with Crippen molar-refractivity contribution < 1.29 is 30.3 Å². The molecule has 20 heavy (non-hydrogen) atoms. The summed E-state index contributed by atoms with van der Waals surface area (Å²) in [6, 6.07) is 0. The minimum Gasteiger partial charge on any atom is -0.500 e. The van der Waals surface area contributed by atoms with Gasteiger partial charge in [-0.15, -0.1) is 0 Å². The number of unbranched alkanes of at least 4 members (excludes halogenated alkanes) is 2. The van der Waals surface area contributed by atoms with E-state index in [1.54, 1.807) is 0 Å². The smallest absolute Gasteiger partial charge is 0.306 e. The predicted octanol–water partition coefficient (Wildman–Crippen LogP) is 1.61. The van der Waals surface area contributed by atoms with E-state index in [1.165, 1.54) is 19.8 Å². The van der Waals surface area contributed by atoms with Gasteiger partial charge in [-0.3, -0.25) is 4.79 Å². The lowest BCUT2D eigenvalue weighted by Crippen LogP contribution is -2.31. The lowest BCUT2D eigenvalue weighted by atomic mass is 9.96. The third kappa shape index (κ3) is 13.7. The molecule has 0 amide bonds. The van der Waals surface area contributed by atoms with Crippen LogP contribution in [-0.2, 0) is 4.79 Å². The molecule has 0 aromatic heterocycles. The van der Waals surface area contributed by atoms with Crippen LogP contribution >= 0.6 is 12.2 Å². The predicted molar refractivity (Wildman–Crippen MR) is 79.6 cm³/mol. The average Bonchev–Trinajstić information content (AvgIpc) is 2.27. The summed E-state index contributed by atoms with van der Waals surface area (Å²) in [5, 5.41) is 42.4. The van der Waals surface area contributed by atoms with Crippen LogP contribution in [0.4, 0.5) is 0 Å². The van der Waals surface area contributed by atoms with Gasteiger partial charge >= 0.3 is 5.97 Å². The maximum atomic E-state index is 9.78. The first kappa shape index (κ1) is 21.5. The molecule has 0 fully saturated rings. The lowest BCUT2D eigenvalue weighted by molar-refractivity contribution is -0.182. The van der Waals surface area contributed by atoms with E-state index in [1.807, 2.05) is 6.92 Å². The molecule has 0 aromatic carbocycles. The van der Waals surface area contributed by atoms with E-state index in [4.69, 9.17) is 25.5 Å². The zero-order valence-corrected chi connectivity index (χ0v) is 13.1. The number of thiocarbonyl (C=S) groups is 1. The van der Waals surface area contributed by atoms with Gasteiger partial charge < -0.3 is 25.5 Å². The molecule has 0 rings (SSSR count). The fraction of sp³-hybridized carbons (Fsp3) is 0.846. The van der Waals surface area contributed by atoms with Gasteiger partial charge in [-0.1, -0.05) is 33.1 Å². The van der Waals surface area contributed by atoms with Crippen LogP contribution in [0.15, 0.2) is 0 Å². The molecule has 0 aliphatic heterocycles. The molecule has 6 nitrogen and oxygen atoms in total. The molecule has 0 heterocycles. The first-order valence-electron chi connectivity index (χ1n) is 6.59. The third-order valence-corrected chi connectivity index (χ3v) is 3.10. The van der Waals surface area contributed by atoms with E-state index in [0.29, 0.717) is 0 Å². The van der Waals surface area contributed by atoms with Gasteiger partial charge in [0, 0.05) is 5.92 Å². The molecular weight excluding hydrogens is 284 g/mol. The van der Waals surface area contributed by atoms with Gasteiger partial charge in [-0.2, -0.15) is 0 Å². The van der Waals surface area contributed by atoms with Crippen LogP contribution in [0.3, 0.4) is 0 Å². The highest BCUT2D eigenvalue weighted by Gasteiger charge is 2.23. The number of carboxylic acids is 1. The standard InChI is InChI=1S/C9H20O2.C4H6O4S/c1-4-5-6-7-8(2)9(3,10)11;5-2(4(8)9)1-3(6)7/h8,10-11H,4-7H2,1-3H3;2,5H,1H2,(H,6,7)(H,8,9). The van der Waals surface area contributed by atoms with Gasteiger partial charge in [0.2, 0.25) is 0 Å². The van der Waals surface area contributed by atoms with Crippen LogP contribution in [0.1, 0.15) is 52.9 Å². The SMILES string of the molecule is CCCCCC(C)C(C)(O)O.O=C(O)CC(O)C(O)=S. The summed E-state index contributed by atoms with van der Waals surface area (Å²) in [6.07, 6.45) is 2.39. The Morgan fingerprint density at radius 3 is 2.00 bits per heavy atom. The highest BCUT2D eigenvalue weighted by Crippen LogP contribution is 2.19. The first-order valence-corrected chi connectivity index (χ1v) is 7.00. The second kappa shape index (κ2) is 11.0. The minimum atomic E-state index is -1.49. The fourth-order valence-corrected chi connectivity index (χ4v) is 1.31. The van der Waals surface area contributed by atoms with Gasteiger partial charge in [-0.25, -0.2) is 0 Å². The number of aliphatic carboxylic acids is 1. The summed E-state index contributed by atoms with van der Waals surface area (Å²) in [5.41, 5.74) is 0. The number of hydrogen-bond acceptors (Lipinski definition) is 5. The molecule has 0 radical (unpaired) electrons. The van der Waals surface area contributed by atoms with E-state index < -0.39 is 29.3 Å². The van der Waals surface area contributed by atoms with Crippen LogP contribution in [0, 0.1) is 5.92 Å². The second-order valence-corrected chi connectivity index (χ2v) is 5.36. The topological polar surface area (TPSA) is 118 Å². The van der Waals surface area contributed by atoms with Gasteiger partial charge in [0.05, 0.1) is 6.42 Å². The third-order valence-electron chi connectivity index (χ3n) is 2.83. The van der Waals surface area contributed by atoms with Crippen molar-refractivity contribution in [1.29, 1.82) is 0 Å². The van der Waals surface area contributed by atoms with Crippen LogP contribution in [0.5, 0.6) is 0 Å². The van der Waals surface area contributed by atoms with Crippen molar-refractivity contribution in [3.05, 3.63) is 0 Å². The van der Waals surface area contributed by atoms with Crippen LogP contribution in [0.25, 0.3) is 0 Å². The summed E-state index contributed by atoms with van der Waals surface area (Å²) in [4.78, 5) is 9.78. The van der Waals surface area contributed by atoms with Crippen LogP contribution in [0.2, 0.25) is 0 Å². The average molecular weight is 310 g/mol. The van der Waals surface area contributed by atoms with Gasteiger partial charge in [-0.05, 0) is 25.6 Å². The highest BCUT2D eigenvalue weighted by molar-refractivity contribution is 7.80. The Hall–Kier alpha value is -0.760. The fourth-order valence-electron chi connectivity index (χ4n) is 1.23. The van der Waals surface area contributed by atoms with Crippen molar-refractivity contribution in [2.75, 3.05) is 0 Å². The maximum absolute atomic E-state index is 9.78. The minimum absolute atomic E-state index is 0.0194. The quantitative estimate of drug-likeness (QED) is 0.262. The number of rotatable bonds is 8. The molecule has 120 valence electrons. The molecule has 2 unspecified atom stereocenters. The normalized spacial score (nSPS) is 13.9. The summed E-state index contributed by atoms with van der Waals surface area (Å²) in [6.45, 7) is 5.46. The van der Waals surface area contributed by atoms with E-state index >= 15 is 0 Å². The molecule has 0 spiro atoms. The second-order valence-electron chi connectivity index (χ2n) is 4.94. The maximum Gasteiger partial charge on any atom is 0.306 e. The number of carbonyl (C=O) groups is 1. The van der Waals surface area contributed by atoms with Crippen LogP contribution in [-0.4, -0.2) is 48.4 Å². The largest absolute Gasteiger partial charge is 0.500 e. The Morgan fingerprint density at radius 2 is 1.75 bits per heavy atom. The first-order chi connectivity index (χ1) is 9.02. The molecule has 0 bridgehead atoms. The molecule has 0 aliphatic carbocycles. The molecule has 0 aliphatic rings. The molecule has 0 saturated heterocycles. The van der Waals surface area contributed by atoms with Gasteiger partial charge in [0.15, 0.2) is 10.8 Å². The zero-order valence-electron chi connectivity index (χ0n) is 12.2. The van der Waals surface area contributed by atoms with Gasteiger partial charge in [0.1, 0.15) is 6.10 Å². The van der Waals surface area contributed by atoms with E-state index in [2.05, 4.69) is 19.1 Å². The van der Waals surface area contributed by atoms with Crippen molar-refractivity contribution >= 4 is 23.2 Å². The molecule has 7 heteroatoms. The molecule has 0 aromatic rings. The van der Waals surface area contributed by atoms with Crippen LogP contribution < -0.4 is 0 Å². The van der Waals surface area contributed by atoms with Gasteiger partial charge in [0.25, 0.3) is 0 Å². The van der Waals surface area contributed by atoms with Crippen molar-refractivity contribution in [3.63, 3.8) is 0 Å². The van der Waals surface area contributed by atoms with Crippen molar-refractivity contribution in [2.24, 2.45) is 5.92 Å². The van der Waals surface area contributed by atoms with E-state index in [9.17, 15) is 4.79 Å². The Balaban J connectivity index is 0. The molecule has 2 atom stereocenters. The van der Waals surface area contributed by atoms with Crippen molar-refractivity contribution in [1.82, 2.24) is 0 Å². The number of aliphatic hydroxyl groups excluding tert-OH is 2.